The van der Waals surface area contributed by atoms with Gasteiger partial charge in [-0.3, -0.25) is 14.8 Å². The van der Waals surface area contributed by atoms with Crippen molar-refractivity contribution in [1.29, 1.82) is 0 Å². The summed E-state index contributed by atoms with van der Waals surface area (Å²) in [6.45, 7) is 4.74. The van der Waals surface area contributed by atoms with E-state index in [0.717, 1.165) is 19.5 Å². The van der Waals surface area contributed by atoms with Gasteiger partial charge in [-0.2, -0.15) is 5.10 Å². The van der Waals surface area contributed by atoms with Crippen LogP contribution in [0, 0.1) is 5.82 Å². The SMILES string of the molecule is CC1CN2CCCC2CN1C(=O)c1ccc2[nH]ncc2c1F. The predicted octanol–water partition coefficient (Wildman–Crippen LogP) is 2.01. The second kappa shape index (κ2) is 5.05. The van der Waals surface area contributed by atoms with Crippen molar-refractivity contribution in [3.8, 4) is 0 Å². The average molecular weight is 302 g/mol. The number of rotatable bonds is 1. The Morgan fingerprint density at radius 3 is 3.14 bits per heavy atom. The number of H-pyrrole nitrogens is 1. The number of fused-ring (bicyclic) bond motifs is 2. The van der Waals surface area contributed by atoms with Crippen molar-refractivity contribution < 1.29 is 9.18 Å². The monoisotopic (exact) mass is 302 g/mol. The fourth-order valence-corrected chi connectivity index (χ4v) is 3.77. The Labute approximate surface area is 128 Å². The average Bonchev–Trinajstić information content (AvgIpc) is 3.14. The first-order valence-electron chi connectivity index (χ1n) is 7.82. The lowest BCUT2D eigenvalue weighted by molar-refractivity contribution is 0.0392. The molecule has 0 aliphatic carbocycles. The number of carbonyl (C=O) groups is 1. The highest BCUT2D eigenvalue weighted by Gasteiger charge is 2.37. The molecule has 0 saturated carbocycles. The number of halogens is 1. The molecule has 1 N–H and O–H groups in total. The highest BCUT2D eigenvalue weighted by atomic mass is 19.1. The van der Waals surface area contributed by atoms with E-state index in [2.05, 4.69) is 15.1 Å². The molecule has 5 nitrogen and oxygen atoms in total. The molecule has 2 unspecified atom stereocenters. The van der Waals surface area contributed by atoms with Gasteiger partial charge >= 0.3 is 0 Å². The fraction of sp³-hybridized carbons (Fsp3) is 0.500. The number of piperazine rings is 1. The van der Waals surface area contributed by atoms with E-state index < -0.39 is 5.82 Å². The number of carbonyl (C=O) groups excluding carboxylic acids is 1. The first-order chi connectivity index (χ1) is 10.6. The third-order valence-corrected chi connectivity index (χ3v) is 4.99. The fourth-order valence-electron chi connectivity index (χ4n) is 3.77. The minimum Gasteiger partial charge on any atom is -0.333 e. The maximum atomic E-state index is 14.6. The van der Waals surface area contributed by atoms with Gasteiger partial charge in [-0.15, -0.1) is 0 Å². The smallest absolute Gasteiger partial charge is 0.257 e. The molecule has 2 aromatic rings. The molecule has 3 heterocycles. The Balaban J connectivity index is 1.66. The van der Waals surface area contributed by atoms with Crippen LogP contribution in [0.25, 0.3) is 10.9 Å². The van der Waals surface area contributed by atoms with Crippen LogP contribution in [-0.2, 0) is 0 Å². The summed E-state index contributed by atoms with van der Waals surface area (Å²) in [5.41, 5.74) is 0.759. The summed E-state index contributed by atoms with van der Waals surface area (Å²) in [6, 6.07) is 3.82. The first kappa shape index (κ1) is 13.7. The van der Waals surface area contributed by atoms with E-state index in [0.29, 0.717) is 23.5 Å². The molecular formula is C16H19FN4O. The normalized spacial score (nSPS) is 25.6. The van der Waals surface area contributed by atoms with Crippen LogP contribution in [0.4, 0.5) is 4.39 Å². The minimum atomic E-state index is -0.475. The van der Waals surface area contributed by atoms with Crippen LogP contribution in [0.15, 0.2) is 18.3 Å². The van der Waals surface area contributed by atoms with Crippen LogP contribution >= 0.6 is 0 Å². The summed E-state index contributed by atoms with van der Waals surface area (Å²) in [5.74, 6) is -0.683. The number of aromatic nitrogens is 2. The summed E-state index contributed by atoms with van der Waals surface area (Å²) in [5, 5.41) is 6.93. The Kier molecular flexibility index (Phi) is 3.14. The van der Waals surface area contributed by atoms with Crippen molar-refractivity contribution >= 4 is 16.8 Å². The van der Waals surface area contributed by atoms with Gasteiger partial charge in [0, 0.05) is 25.2 Å². The molecule has 2 fully saturated rings. The lowest BCUT2D eigenvalue weighted by Crippen LogP contribution is -2.56. The largest absolute Gasteiger partial charge is 0.333 e. The number of hydrogen-bond donors (Lipinski definition) is 1. The van der Waals surface area contributed by atoms with Gasteiger partial charge in [-0.05, 0) is 38.4 Å². The molecule has 1 aromatic carbocycles. The van der Waals surface area contributed by atoms with E-state index in [9.17, 15) is 9.18 Å². The standard InChI is InChI=1S/C16H19FN4O/c1-10-8-20-6-2-3-11(20)9-21(10)16(22)12-4-5-14-13(15(12)17)7-18-19-14/h4-5,7,10-11H,2-3,6,8-9H2,1H3,(H,18,19). The van der Waals surface area contributed by atoms with Gasteiger partial charge in [0.15, 0.2) is 0 Å². The first-order valence-corrected chi connectivity index (χ1v) is 7.82. The van der Waals surface area contributed by atoms with Crippen molar-refractivity contribution in [3.63, 3.8) is 0 Å². The lowest BCUT2D eigenvalue weighted by Gasteiger charge is -2.42. The Morgan fingerprint density at radius 2 is 2.27 bits per heavy atom. The molecule has 0 bridgehead atoms. The van der Waals surface area contributed by atoms with Gasteiger partial charge in [0.25, 0.3) is 5.91 Å². The van der Waals surface area contributed by atoms with E-state index in [1.54, 1.807) is 12.1 Å². The number of nitrogens with one attached hydrogen (secondary N) is 1. The summed E-state index contributed by atoms with van der Waals surface area (Å²) < 4.78 is 14.6. The van der Waals surface area contributed by atoms with E-state index in [1.165, 1.54) is 12.6 Å². The molecule has 6 heteroatoms. The lowest BCUT2D eigenvalue weighted by atomic mass is 10.0. The van der Waals surface area contributed by atoms with E-state index in [1.807, 2.05) is 11.8 Å². The zero-order chi connectivity index (χ0) is 15.3. The van der Waals surface area contributed by atoms with Crippen LogP contribution in [-0.4, -0.2) is 57.6 Å². The number of aromatic amines is 1. The maximum absolute atomic E-state index is 14.6. The molecule has 22 heavy (non-hydrogen) atoms. The van der Waals surface area contributed by atoms with E-state index in [-0.39, 0.29) is 17.5 Å². The third kappa shape index (κ3) is 2.01. The summed E-state index contributed by atoms with van der Waals surface area (Å²) >= 11 is 0. The van der Waals surface area contributed by atoms with Gasteiger partial charge in [0.05, 0.1) is 22.7 Å². The van der Waals surface area contributed by atoms with Crippen molar-refractivity contribution in [2.45, 2.75) is 31.8 Å². The van der Waals surface area contributed by atoms with Crippen LogP contribution in [0.1, 0.15) is 30.1 Å². The highest BCUT2D eigenvalue weighted by Crippen LogP contribution is 2.27. The molecule has 2 aliphatic heterocycles. The molecule has 1 aromatic heterocycles. The predicted molar refractivity (Wildman–Crippen MR) is 81.1 cm³/mol. The molecular weight excluding hydrogens is 283 g/mol. The number of amides is 1. The van der Waals surface area contributed by atoms with Gasteiger partial charge in [0.2, 0.25) is 0 Å². The Morgan fingerprint density at radius 1 is 1.41 bits per heavy atom. The molecule has 2 aliphatic rings. The van der Waals surface area contributed by atoms with Gasteiger partial charge in [-0.1, -0.05) is 0 Å². The summed E-state index contributed by atoms with van der Waals surface area (Å²) in [4.78, 5) is 17.1. The molecule has 2 atom stereocenters. The van der Waals surface area contributed by atoms with E-state index in [4.69, 9.17) is 0 Å². The van der Waals surface area contributed by atoms with Crippen molar-refractivity contribution in [2.75, 3.05) is 19.6 Å². The second-order valence-corrected chi connectivity index (χ2v) is 6.36. The molecule has 4 rings (SSSR count). The number of benzene rings is 1. The molecule has 1 amide bonds. The number of nitrogens with zero attached hydrogens (tertiary/aromatic N) is 3. The molecule has 0 radical (unpaired) electrons. The topological polar surface area (TPSA) is 52.2 Å². The summed E-state index contributed by atoms with van der Waals surface area (Å²) in [7, 11) is 0. The maximum Gasteiger partial charge on any atom is 0.257 e. The van der Waals surface area contributed by atoms with Gasteiger partial charge < -0.3 is 4.90 Å². The zero-order valence-electron chi connectivity index (χ0n) is 12.6. The molecule has 0 spiro atoms. The minimum absolute atomic E-state index is 0.112. The van der Waals surface area contributed by atoms with Gasteiger partial charge in [-0.25, -0.2) is 4.39 Å². The van der Waals surface area contributed by atoms with Crippen molar-refractivity contribution in [1.82, 2.24) is 20.0 Å². The van der Waals surface area contributed by atoms with Gasteiger partial charge in [0.1, 0.15) is 5.82 Å². The summed E-state index contributed by atoms with van der Waals surface area (Å²) in [6.07, 6.45) is 3.74. The van der Waals surface area contributed by atoms with E-state index >= 15 is 0 Å². The highest BCUT2D eigenvalue weighted by molar-refractivity contribution is 5.98. The quantitative estimate of drug-likeness (QED) is 0.877. The van der Waals surface area contributed by atoms with Crippen molar-refractivity contribution in [2.24, 2.45) is 0 Å². The second-order valence-electron chi connectivity index (χ2n) is 6.36. The van der Waals surface area contributed by atoms with Crippen molar-refractivity contribution in [3.05, 3.63) is 29.7 Å². The Hall–Kier alpha value is -1.95. The third-order valence-electron chi connectivity index (χ3n) is 4.99. The van der Waals surface area contributed by atoms with Crippen LogP contribution in [0.5, 0.6) is 0 Å². The van der Waals surface area contributed by atoms with Crippen LogP contribution in [0.2, 0.25) is 0 Å². The van der Waals surface area contributed by atoms with Crippen LogP contribution in [0.3, 0.4) is 0 Å². The van der Waals surface area contributed by atoms with Crippen LogP contribution < -0.4 is 0 Å². The molecule has 2 saturated heterocycles. The molecule has 116 valence electrons. The zero-order valence-corrected chi connectivity index (χ0v) is 12.6. The number of hydrogen-bond acceptors (Lipinski definition) is 3. The Bertz CT molecular complexity index is 728.